The second-order valence-corrected chi connectivity index (χ2v) is 4.38. The lowest BCUT2D eigenvalue weighted by Gasteiger charge is -2.03. The summed E-state index contributed by atoms with van der Waals surface area (Å²) in [6.45, 7) is 1.75. The quantitative estimate of drug-likeness (QED) is 0.796. The number of hydrogen-bond acceptors (Lipinski definition) is 3. The molecule has 1 aromatic carbocycles. The molecule has 1 unspecified atom stereocenters. The molecule has 1 aromatic heterocycles. The van der Waals surface area contributed by atoms with Gasteiger partial charge in [-0.25, -0.2) is 0 Å². The topological polar surface area (TPSA) is 40.5 Å². The number of rotatable bonds is 2. The lowest BCUT2D eigenvalue weighted by atomic mass is 10.1. The van der Waals surface area contributed by atoms with E-state index < -0.39 is 0 Å². The first kappa shape index (κ1) is 9.49. The van der Waals surface area contributed by atoms with Gasteiger partial charge in [-0.3, -0.25) is 0 Å². The molecule has 0 aliphatic carbocycles. The predicted molar refractivity (Wildman–Crippen MR) is 58.9 cm³/mol. The number of phenols is 1. The van der Waals surface area contributed by atoms with Gasteiger partial charge in [-0.1, -0.05) is 6.07 Å². The first-order valence-corrected chi connectivity index (χ1v) is 5.42. The van der Waals surface area contributed by atoms with Gasteiger partial charge in [0.05, 0.1) is 6.10 Å². The van der Waals surface area contributed by atoms with Gasteiger partial charge in [0.2, 0.25) is 0 Å². The van der Waals surface area contributed by atoms with Crippen molar-refractivity contribution in [3.63, 3.8) is 0 Å². The number of fused-ring (bicyclic) bond motifs is 1. The van der Waals surface area contributed by atoms with Crippen LogP contribution in [0.1, 0.15) is 12.5 Å². The molecular weight excluding hydrogens is 196 g/mol. The van der Waals surface area contributed by atoms with Crippen LogP contribution in [0.15, 0.2) is 23.6 Å². The molecule has 3 heteroatoms. The Balaban J connectivity index is 2.55. The number of hydrogen-bond donors (Lipinski definition) is 2. The summed E-state index contributed by atoms with van der Waals surface area (Å²) in [6, 6.07) is 5.49. The highest BCUT2D eigenvalue weighted by atomic mass is 32.1. The first-order chi connectivity index (χ1) is 6.68. The van der Waals surface area contributed by atoms with Gasteiger partial charge in [0, 0.05) is 10.1 Å². The van der Waals surface area contributed by atoms with Crippen molar-refractivity contribution < 1.29 is 10.2 Å². The Labute approximate surface area is 86.4 Å². The smallest absolute Gasteiger partial charge is 0.124 e. The van der Waals surface area contributed by atoms with E-state index in [0.717, 1.165) is 15.6 Å². The molecule has 0 saturated heterocycles. The zero-order chi connectivity index (χ0) is 10.1. The third-order valence-corrected chi connectivity index (χ3v) is 3.17. The van der Waals surface area contributed by atoms with Crippen LogP contribution in [0.3, 0.4) is 0 Å². The van der Waals surface area contributed by atoms with Crippen molar-refractivity contribution in [2.45, 2.75) is 19.4 Å². The minimum Gasteiger partial charge on any atom is -0.507 e. The van der Waals surface area contributed by atoms with Crippen LogP contribution in [0.5, 0.6) is 5.75 Å². The monoisotopic (exact) mass is 208 g/mol. The maximum atomic E-state index is 9.68. The van der Waals surface area contributed by atoms with Gasteiger partial charge in [-0.2, -0.15) is 0 Å². The average molecular weight is 208 g/mol. The number of aliphatic hydroxyl groups excluding tert-OH is 1. The highest BCUT2D eigenvalue weighted by molar-refractivity contribution is 7.17. The summed E-state index contributed by atoms with van der Waals surface area (Å²) in [6.07, 6.45) is 0.227. The Morgan fingerprint density at radius 1 is 1.43 bits per heavy atom. The minimum atomic E-state index is -0.368. The standard InChI is InChI=1S/C11H12O2S/c1-7(12)5-8-6-14-10-4-2-3-9(13)11(8)10/h2-4,6-7,12-13H,5H2,1H3. The highest BCUT2D eigenvalue weighted by Crippen LogP contribution is 2.33. The maximum Gasteiger partial charge on any atom is 0.124 e. The second kappa shape index (κ2) is 3.59. The van der Waals surface area contributed by atoms with Crippen LogP contribution >= 0.6 is 11.3 Å². The van der Waals surface area contributed by atoms with Gasteiger partial charge in [0.15, 0.2) is 0 Å². The van der Waals surface area contributed by atoms with Crippen LogP contribution in [0.2, 0.25) is 0 Å². The molecule has 74 valence electrons. The second-order valence-electron chi connectivity index (χ2n) is 3.46. The summed E-state index contributed by atoms with van der Waals surface area (Å²) in [4.78, 5) is 0. The molecule has 2 nitrogen and oxygen atoms in total. The number of thiophene rings is 1. The Hall–Kier alpha value is -1.06. The van der Waals surface area contributed by atoms with E-state index in [1.807, 2.05) is 17.5 Å². The minimum absolute atomic E-state index is 0.305. The zero-order valence-corrected chi connectivity index (χ0v) is 8.71. The van der Waals surface area contributed by atoms with E-state index in [2.05, 4.69) is 0 Å². The van der Waals surface area contributed by atoms with E-state index in [1.165, 1.54) is 0 Å². The molecule has 1 atom stereocenters. The summed E-state index contributed by atoms with van der Waals surface area (Å²) in [5, 5.41) is 21.9. The molecule has 0 spiro atoms. The van der Waals surface area contributed by atoms with Gasteiger partial charge in [-0.15, -0.1) is 11.3 Å². The first-order valence-electron chi connectivity index (χ1n) is 4.54. The SMILES string of the molecule is CC(O)Cc1csc2cccc(O)c12. The molecule has 0 amide bonds. The summed E-state index contributed by atoms with van der Waals surface area (Å²) in [7, 11) is 0. The summed E-state index contributed by atoms with van der Waals surface area (Å²) in [5.41, 5.74) is 1.03. The van der Waals surface area contributed by atoms with E-state index in [0.29, 0.717) is 12.2 Å². The molecule has 1 heterocycles. The molecule has 2 rings (SSSR count). The van der Waals surface area contributed by atoms with Gasteiger partial charge in [0.1, 0.15) is 5.75 Å². The molecule has 0 saturated carbocycles. The lowest BCUT2D eigenvalue weighted by molar-refractivity contribution is 0.196. The van der Waals surface area contributed by atoms with Crippen molar-refractivity contribution in [3.05, 3.63) is 29.1 Å². The van der Waals surface area contributed by atoms with Crippen molar-refractivity contribution in [3.8, 4) is 5.75 Å². The average Bonchev–Trinajstić information content (AvgIpc) is 2.49. The summed E-state index contributed by atoms with van der Waals surface area (Å²) in [5.74, 6) is 0.305. The Kier molecular flexibility index (Phi) is 2.44. The van der Waals surface area contributed by atoms with Crippen molar-refractivity contribution in [1.82, 2.24) is 0 Å². The van der Waals surface area contributed by atoms with Crippen LogP contribution in [0.4, 0.5) is 0 Å². The van der Waals surface area contributed by atoms with E-state index in [-0.39, 0.29) is 6.10 Å². The summed E-state index contributed by atoms with van der Waals surface area (Å²) < 4.78 is 1.07. The van der Waals surface area contributed by atoms with Gasteiger partial charge in [0.25, 0.3) is 0 Å². The maximum absolute atomic E-state index is 9.68. The number of aromatic hydroxyl groups is 1. The van der Waals surface area contributed by atoms with Crippen LogP contribution in [-0.4, -0.2) is 16.3 Å². The lowest BCUT2D eigenvalue weighted by Crippen LogP contribution is -2.03. The summed E-state index contributed by atoms with van der Waals surface area (Å²) >= 11 is 1.60. The van der Waals surface area contributed by atoms with Crippen LogP contribution < -0.4 is 0 Å². The third-order valence-electron chi connectivity index (χ3n) is 2.17. The fourth-order valence-electron chi connectivity index (χ4n) is 1.60. The van der Waals surface area contributed by atoms with Gasteiger partial charge < -0.3 is 10.2 Å². The Morgan fingerprint density at radius 3 is 2.93 bits per heavy atom. The van der Waals surface area contributed by atoms with E-state index >= 15 is 0 Å². The van der Waals surface area contributed by atoms with E-state index in [1.54, 1.807) is 24.3 Å². The largest absolute Gasteiger partial charge is 0.507 e. The molecular formula is C11H12O2S. The van der Waals surface area contributed by atoms with Crippen LogP contribution in [0.25, 0.3) is 10.1 Å². The molecule has 0 radical (unpaired) electrons. The number of aliphatic hydroxyl groups is 1. The molecule has 0 aliphatic heterocycles. The Bertz CT molecular complexity index is 445. The molecule has 0 fully saturated rings. The molecule has 0 bridgehead atoms. The predicted octanol–water partition coefficient (Wildman–Crippen LogP) is 2.53. The van der Waals surface area contributed by atoms with Crippen molar-refractivity contribution >= 4 is 21.4 Å². The van der Waals surface area contributed by atoms with Gasteiger partial charge >= 0.3 is 0 Å². The highest BCUT2D eigenvalue weighted by Gasteiger charge is 2.09. The van der Waals surface area contributed by atoms with Crippen molar-refractivity contribution in [2.24, 2.45) is 0 Å². The molecule has 14 heavy (non-hydrogen) atoms. The fraction of sp³-hybridized carbons (Fsp3) is 0.273. The molecule has 2 N–H and O–H groups in total. The third kappa shape index (κ3) is 1.61. The zero-order valence-electron chi connectivity index (χ0n) is 7.90. The normalized spacial score (nSPS) is 13.3. The number of benzene rings is 1. The van der Waals surface area contributed by atoms with E-state index in [4.69, 9.17) is 0 Å². The van der Waals surface area contributed by atoms with Crippen molar-refractivity contribution in [1.29, 1.82) is 0 Å². The van der Waals surface area contributed by atoms with E-state index in [9.17, 15) is 10.2 Å². The van der Waals surface area contributed by atoms with Crippen LogP contribution in [-0.2, 0) is 6.42 Å². The van der Waals surface area contributed by atoms with Crippen LogP contribution in [0, 0.1) is 0 Å². The van der Waals surface area contributed by atoms with Gasteiger partial charge in [-0.05, 0) is 36.4 Å². The molecule has 2 aromatic rings. The fourth-order valence-corrected chi connectivity index (χ4v) is 2.60. The molecule has 0 aliphatic rings. The number of phenolic OH excluding ortho intramolecular Hbond substituents is 1. The van der Waals surface area contributed by atoms with Crippen molar-refractivity contribution in [2.75, 3.05) is 0 Å². The Morgan fingerprint density at radius 2 is 2.21 bits per heavy atom.